The minimum absolute atomic E-state index is 0.143. The molecule has 0 amide bonds. The first-order chi connectivity index (χ1) is 8.96. The minimum atomic E-state index is -2.85. The number of aryl methyl sites for hydroxylation is 1. The van der Waals surface area contributed by atoms with Crippen molar-refractivity contribution >= 4 is 9.84 Å². The Balaban J connectivity index is 2.12. The molecule has 2 heterocycles. The Hall–Kier alpha value is -1.08. The lowest BCUT2D eigenvalue weighted by molar-refractivity contribution is 0.389. The summed E-state index contributed by atoms with van der Waals surface area (Å²) in [5, 5.41) is 4.22. The fraction of sp³-hybridized carbons (Fsp3) is 0.750. The third-order valence-corrected chi connectivity index (χ3v) is 5.47. The number of ether oxygens (including phenoxy) is 1. The SMILES string of the molecule is CCn1ncc(OC)c1C(N)CC1CCS(=O)(=O)C1. The third-order valence-electron chi connectivity index (χ3n) is 3.63. The van der Waals surface area contributed by atoms with Gasteiger partial charge in [-0.05, 0) is 25.7 Å². The van der Waals surface area contributed by atoms with Crippen molar-refractivity contribution < 1.29 is 13.2 Å². The molecule has 0 aliphatic carbocycles. The number of aromatic nitrogens is 2. The Morgan fingerprint density at radius 3 is 2.89 bits per heavy atom. The summed E-state index contributed by atoms with van der Waals surface area (Å²) < 4.78 is 30.0. The van der Waals surface area contributed by atoms with Crippen LogP contribution in [-0.2, 0) is 16.4 Å². The molecule has 1 aliphatic rings. The summed E-state index contributed by atoms with van der Waals surface area (Å²) in [6.07, 6.45) is 3.02. The van der Waals surface area contributed by atoms with E-state index >= 15 is 0 Å². The van der Waals surface area contributed by atoms with Gasteiger partial charge in [0.1, 0.15) is 0 Å². The number of hydrogen-bond acceptors (Lipinski definition) is 5. The summed E-state index contributed by atoms with van der Waals surface area (Å²) in [5.74, 6) is 1.36. The second-order valence-electron chi connectivity index (χ2n) is 5.03. The van der Waals surface area contributed by atoms with Crippen LogP contribution in [-0.4, -0.2) is 36.8 Å². The lowest BCUT2D eigenvalue weighted by Crippen LogP contribution is -2.20. The molecule has 1 saturated heterocycles. The van der Waals surface area contributed by atoms with E-state index < -0.39 is 9.84 Å². The Kier molecular flexibility index (Phi) is 4.15. The number of nitrogens with two attached hydrogens (primary N) is 1. The third kappa shape index (κ3) is 3.09. The van der Waals surface area contributed by atoms with Gasteiger partial charge in [0.2, 0.25) is 0 Å². The maximum atomic E-state index is 11.5. The van der Waals surface area contributed by atoms with Crippen molar-refractivity contribution in [3.05, 3.63) is 11.9 Å². The quantitative estimate of drug-likeness (QED) is 0.863. The highest BCUT2D eigenvalue weighted by Crippen LogP contribution is 2.31. The lowest BCUT2D eigenvalue weighted by Gasteiger charge is -2.18. The molecule has 19 heavy (non-hydrogen) atoms. The Morgan fingerprint density at radius 1 is 1.63 bits per heavy atom. The molecule has 0 saturated carbocycles. The number of hydrogen-bond donors (Lipinski definition) is 1. The molecular formula is C12H21N3O3S. The Labute approximate surface area is 113 Å². The summed E-state index contributed by atoms with van der Waals surface area (Å²) in [7, 11) is -1.26. The van der Waals surface area contributed by atoms with Crippen LogP contribution in [0.2, 0.25) is 0 Å². The Morgan fingerprint density at radius 2 is 2.37 bits per heavy atom. The smallest absolute Gasteiger partial charge is 0.161 e. The number of methoxy groups -OCH3 is 1. The highest BCUT2D eigenvalue weighted by atomic mass is 32.2. The fourth-order valence-corrected chi connectivity index (χ4v) is 4.57. The predicted molar refractivity (Wildman–Crippen MR) is 72.8 cm³/mol. The van der Waals surface area contributed by atoms with Crippen molar-refractivity contribution in [1.29, 1.82) is 0 Å². The highest BCUT2D eigenvalue weighted by Gasteiger charge is 2.30. The van der Waals surface area contributed by atoms with E-state index in [2.05, 4.69) is 5.10 Å². The maximum Gasteiger partial charge on any atom is 0.161 e. The molecule has 1 aromatic rings. The van der Waals surface area contributed by atoms with Crippen LogP contribution in [0, 0.1) is 5.92 Å². The average Bonchev–Trinajstić information content (AvgIpc) is 2.91. The molecule has 0 aromatic carbocycles. The second kappa shape index (κ2) is 5.50. The Bertz CT molecular complexity index is 517. The van der Waals surface area contributed by atoms with Crippen molar-refractivity contribution in [1.82, 2.24) is 9.78 Å². The largest absolute Gasteiger partial charge is 0.493 e. The molecule has 2 N–H and O–H groups in total. The summed E-state index contributed by atoms with van der Waals surface area (Å²) in [6, 6.07) is -0.240. The van der Waals surface area contributed by atoms with Gasteiger partial charge in [0.15, 0.2) is 15.6 Å². The van der Waals surface area contributed by atoms with Crippen LogP contribution in [0.3, 0.4) is 0 Å². The molecule has 2 unspecified atom stereocenters. The molecule has 2 atom stereocenters. The van der Waals surface area contributed by atoms with E-state index in [0.29, 0.717) is 18.6 Å². The predicted octanol–water partition coefficient (Wildman–Crippen LogP) is 0.736. The van der Waals surface area contributed by atoms with Crippen LogP contribution in [0.25, 0.3) is 0 Å². The topological polar surface area (TPSA) is 87.2 Å². The number of sulfone groups is 1. The number of rotatable bonds is 5. The van der Waals surface area contributed by atoms with Crippen LogP contribution < -0.4 is 10.5 Å². The van der Waals surface area contributed by atoms with Gasteiger partial charge in [0.05, 0.1) is 36.5 Å². The van der Waals surface area contributed by atoms with Crippen LogP contribution in [0.5, 0.6) is 5.75 Å². The molecule has 0 spiro atoms. The van der Waals surface area contributed by atoms with Gasteiger partial charge in [-0.15, -0.1) is 0 Å². The molecule has 0 radical (unpaired) electrons. The first kappa shape index (κ1) is 14.3. The summed E-state index contributed by atoms with van der Waals surface area (Å²) in [4.78, 5) is 0. The van der Waals surface area contributed by atoms with Crippen LogP contribution in [0.15, 0.2) is 6.20 Å². The molecule has 1 fully saturated rings. The van der Waals surface area contributed by atoms with Gasteiger partial charge in [0, 0.05) is 6.54 Å². The van der Waals surface area contributed by atoms with Crippen molar-refractivity contribution in [2.75, 3.05) is 18.6 Å². The first-order valence-electron chi connectivity index (χ1n) is 6.52. The summed E-state index contributed by atoms with van der Waals surface area (Å²) in [5.41, 5.74) is 7.08. The van der Waals surface area contributed by atoms with Crippen LogP contribution in [0.1, 0.15) is 31.5 Å². The zero-order valence-corrected chi connectivity index (χ0v) is 12.2. The summed E-state index contributed by atoms with van der Waals surface area (Å²) in [6.45, 7) is 2.71. The van der Waals surface area contributed by atoms with E-state index in [9.17, 15) is 8.42 Å². The van der Waals surface area contributed by atoms with Gasteiger partial charge >= 0.3 is 0 Å². The molecule has 1 aromatic heterocycles. The zero-order valence-electron chi connectivity index (χ0n) is 11.4. The molecule has 0 bridgehead atoms. The summed E-state index contributed by atoms with van der Waals surface area (Å²) >= 11 is 0. The molecule has 1 aliphatic heterocycles. The molecule has 6 nitrogen and oxygen atoms in total. The average molecular weight is 287 g/mol. The monoisotopic (exact) mass is 287 g/mol. The van der Waals surface area contributed by atoms with Crippen molar-refractivity contribution in [3.63, 3.8) is 0 Å². The van der Waals surface area contributed by atoms with Gasteiger partial charge in [-0.25, -0.2) is 8.42 Å². The van der Waals surface area contributed by atoms with E-state index in [1.807, 2.05) is 11.6 Å². The second-order valence-corrected chi connectivity index (χ2v) is 7.25. The van der Waals surface area contributed by atoms with E-state index in [0.717, 1.165) is 12.2 Å². The molecule has 2 rings (SSSR count). The van der Waals surface area contributed by atoms with E-state index in [-0.39, 0.29) is 23.5 Å². The van der Waals surface area contributed by atoms with Crippen molar-refractivity contribution in [2.24, 2.45) is 11.7 Å². The van der Waals surface area contributed by atoms with E-state index in [1.165, 1.54) is 0 Å². The number of nitrogens with zero attached hydrogens (tertiary/aromatic N) is 2. The van der Waals surface area contributed by atoms with Crippen molar-refractivity contribution in [3.8, 4) is 5.75 Å². The van der Waals surface area contributed by atoms with Gasteiger partial charge in [-0.3, -0.25) is 4.68 Å². The van der Waals surface area contributed by atoms with Crippen molar-refractivity contribution in [2.45, 2.75) is 32.4 Å². The highest BCUT2D eigenvalue weighted by molar-refractivity contribution is 7.91. The standard InChI is InChI=1S/C12H21N3O3S/c1-3-15-12(11(18-2)7-14-15)10(13)6-9-4-5-19(16,17)8-9/h7,9-10H,3-6,8,13H2,1-2H3. The van der Waals surface area contributed by atoms with Gasteiger partial charge in [-0.1, -0.05) is 0 Å². The van der Waals surface area contributed by atoms with Gasteiger partial charge in [-0.2, -0.15) is 5.10 Å². The van der Waals surface area contributed by atoms with Crippen LogP contribution >= 0.6 is 0 Å². The zero-order chi connectivity index (χ0) is 14.0. The normalized spacial score (nSPS) is 23.4. The molecule has 7 heteroatoms. The first-order valence-corrected chi connectivity index (χ1v) is 8.34. The minimum Gasteiger partial charge on any atom is -0.493 e. The van der Waals surface area contributed by atoms with E-state index in [1.54, 1.807) is 13.3 Å². The lowest BCUT2D eigenvalue weighted by atomic mass is 9.97. The van der Waals surface area contributed by atoms with E-state index in [4.69, 9.17) is 10.5 Å². The maximum absolute atomic E-state index is 11.5. The molecule has 108 valence electrons. The van der Waals surface area contributed by atoms with Crippen LogP contribution in [0.4, 0.5) is 0 Å². The van der Waals surface area contributed by atoms with Gasteiger partial charge in [0.25, 0.3) is 0 Å². The fourth-order valence-electron chi connectivity index (χ4n) is 2.69. The molecular weight excluding hydrogens is 266 g/mol. The van der Waals surface area contributed by atoms with Gasteiger partial charge < -0.3 is 10.5 Å².